The topological polar surface area (TPSA) is 61.8 Å². The van der Waals surface area contributed by atoms with Gasteiger partial charge in [-0.3, -0.25) is 0 Å². The van der Waals surface area contributed by atoms with Crippen LogP contribution in [0, 0.1) is 23.7 Å². The quantitative estimate of drug-likeness (QED) is 0.0506. The normalized spacial score (nSPS) is 10.0. The molecular weight excluding hydrogens is 613 g/mol. The number of methoxy groups -OCH3 is 1. The molecule has 0 spiro atoms. The Kier molecular flexibility index (Phi) is 13.5. The van der Waals surface area contributed by atoms with E-state index in [0.29, 0.717) is 23.5 Å². The maximum atomic E-state index is 12.5. The number of unbranched alkanes of at least 4 members (excludes halogenated alkanes) is 1. The van der Waals surface area contributed by atoms with Crippen LogP contribution in [0.5, 0.6) is 5.75 Å². The molecule has 0 aromatic heterocycles. The van der Waals surface area contributed by atoms with E-state index in [-0.39, 0.29) is 12.6 Å². The molecule has 0 amide bonds. The van der Waals surface area contributed by atoms with Crippen molar-refractivity contribution in [2.45, 2.75) is 29.2 Å². The summed E-state index contributed by atoms with van der Waals surface area (Å²) in [5.41, 5.74) is 4.68. The second-order valence-electron chi connectivity index (χ2n) is 9.87. The summed E-state index contributed by atoms with van der Waals surface area (Å²) < 4.78 is 16.0. The van der Waals surface area contributed by atoms with Crippen molar-refractivity contribution in [2.75, 3.05) is 25.7 Å². The van der Waals surface area contributed by atoms with Crippen molar-refractivity contribution >= 4 is 35.5 Å². The Hall–Kier alpha value is -4.82. The highest BCUT2D eigenvalue weighted by Crippen LogP contribution is 2.23. The van der Waals surface area contributed by atoms with Crippen LogP contribution < -0.4 is 4.74 Å². The Morgan fingerprint density at radius 2 is 1.33 bits per heavy atom. The van der Waals surface area contributed by atoms with Crippen molar-refractivity contribution in [3.05, 3.63) is 137 Å². The molecule has 0 saturated carbocycles. The van der Waals surface area contributed by atoms with Crippen molar-refractivity contribution in [3.63, 3.8) is 0 Å². The van der Waals surface area contributed by atoms with Gasteiger partial charge in [-0.15, -0.1) is 23.5 Å². The summed E-state index contributed by atoms with van der Waals surface area (Å²) in [5, 5.41) is 0. The second kappa shape index (κ2) is 18.2. The zero-order valence-corrected chi connectivity index (χ0v) is 27.5. The maximum absolute atomic E-state index is 12.5. The molecule has 0 unspecified atom stereocenters. The van der Waals surface area contributed by atoms with E-state index in [0.717, 1.165) is 40.8 Å². The molecule has 0 bridgehead atoms. The van der Waals surface area contributed by atoms with Crippen LogP contribution in [-0.4, -0.2) is 37.7 Å². The molecule has 0 radical (unpaired) electrons. The number of esters is 2. The monoisotopic (exact) mass is 646 g/mol. The summed E-state index contributed by atoms with van der Waals surface area (Å²) in [6.07, 6.45) is 5.00. The van der Waals surface area contributed by atoms with E-state index in [1.807, 2.05) is 73.0 Å². The first-order valence-corrected chi connectivity index (χ1v) is 16.8. The molecule has 0 aliphatic rings. The van der Waals surface area contributed by atoms with Gasteiger partial charge in [0.05, 0.1) is 13.7 Å². The summed E-state index contributed by atoms with van der Waals surface area (Å²) >= 11 is 3.45. The number of hydrogen-bond acceptors (Lipinski definition) is 7. The Morgan fingerprint density at radius 1 is 0.761 bits per heavy atom. The Balaban J connectivity index is 1.30. The van der Waals surface area contributed by atoms with Crippen LogP contribution in [-0.2, 0) is 20.9 Å². The second-order valence-corrected chi connectivity index (χ2v) is 11.9. The summed E-state index contributed by atoms with van der Waals surface area (Å²) in [4.78, 5) is 25.9. The van der Waals surface area contributed by atoms with Gasteiger partial charge in [0.1, 0.15) is 17.9 Å². The van der Waals surface area contributed by atoms with Crippen LogP contribution in [0.1, 0.15) is 51.0 Å². The average Bonchev–Trinajstić information content (AvgIpc) is 3.11. The largest absolute Gasteiger partial charge is 0.488 e. The average molecular weight is 647 g/mol. The lowest BCUT2D eigenvalue weighted by atomic mass is 10.1. The Labute approximate surface area is 279 Å². The zero-order chi connectivity index (χ0) is 32.6. The van der Waals surface area contributed by atoms with Gasteiger partial charge in [0.15, 0.2) is 0 Å². The standard InChI is InChI=1S/C39H34O5S2/c1-4-38(40)43-25-5-6-26-46-35-22-17-30(18-23-35)8-7-29-10-13-33(14-11-29)28-44-37-24-19-32(27-36(37)39(41)42-2)12-9-31-15-20-34(45-3)21-16-31/h4,10-11,13-24,27H,1,5-6,25-26,28H2,2-3H3. The predicted molar refractivity (Wildman–Crippen MR) is 186 cm³/mol. The third-order valence-electron chi connectivity index (χ3n) is 6.60. The highest BCUT2D eigenvalue weighted by molar-refractivity contribution is 7.99. The number of benzene rings is 4. The lowest BCUT2D eigenvalue weighted by Crippen LogP contribution is -2.06. The number of thioether (sulfide) groups is 2. The third-order valence-corrected chi connectivity index (χ3v) is 8.44. The fourth-order valence-corrected chi connectivity index (χ4v) is 5.39. The summed E-state index contributed by atoms with van der Waals surface area (Å²) in [7, 11) is 1.35. The smallest absolute Gasteiger partial charge is 0.341 e. The van der Waals surface area contributed by atoms with Crippen molar-refractivity contribution < 1.29 is 23.8 Å². The first-order valence-electron chi connectivity index (χ1n) is 14.6. The molecule has 0 atom stereocenters. The molecule has 0 aliphatic carbocycles. The molecule has 0 heterocycles. The van der Waals surface area contributed by atoms with Gasteiger partial charge in [0.25, 0.3) is 0 Å². The lowest BCUT2D eigenvalue weighted by molar-refractivity contribution is -0.137. The predicted octanol–water partition coefficient (Wildman–Crippen LogP) is 8.18. The van der Waals surface area contributed by atoms with E-state index in [1.54, 1.807) is 35.7 Å². The SMILES string of the molecule is C=CC(=O)OCCCCSc1ccc(C#Cc2ccc(COc3ccc(C#Cc4ccc(SC)cc4)cc3C(=O)OC)cc2)cc1. The number of ether oxygens (including phenoxy) is 3. The van der Waals surface area contributed by atoms with Gasteiger partial charge in [-0.25, -0.2) is 9.59 Å². The van der Waals surface area contributed by atoms with Crippen LogP contribution in [0.4, 0.5) is 0 Å². The maximum Gasteiger partial charge on any atom is 0.341 e. The van der Waals surface area contributed by atoms with Crippen LogP contribution in [0.15, 0.2) is 113 Å². The molecule has 4 aromatic rings. The van der Waals surface area contributed by atoms with Crippen LogP contribution in [0.2, 0.25) is 0 Å². The van der Waals surface area contributed by atoms with Crippen LogP contribution >= 0.6 is 23.5 Å². The minimum absolute atomic E-state index is 0.281. The fourth-order valence-electron chi connectivity index (χ4n) is 4.07. The molecule has 0 N–H and O–H groups in total. The third kappa shape index (κ3) is 11.0. The van der Waals surface area contributed by atoms with E-state index in [4.69, 9.17) is 14.2 Å². The molecule has 0 fully saturated rings. The molecule has 5 nitrogen and oxygen atoms in total. The molecule has 46 heavy (non-hydrogen) atoms. The first kappa shape index (κ1) is 34.1. The van der Waals surface area contributed by atoms with E-state index in [9.17, 15) is 9.59 Å². The molecule has 4 rings (SSSR count). The van der Waals surface area contributed by atoms with Crippen molar-refractivity contribution in [3.8, 4) is 29.4 Å². The van der Waals surface area contributed by atoms with Gasteiger partial charge in [-0.1, -0.05) is 42.4 Å². The first-order chi connectivity index (χ1) is 22.5. The minimum Gasteiger partial charge on any atom is -0.488 e. The summed E-state index contributed by atoms with van der Waals surface area (Å²) in [6.45, 7) is 4.09. The highest BCUT2D eigenvalue weighted by Gasteiger charge is 2.14. The molecular formula is C39H34O5S2. The summed E-state index contributed by atoms with van der Waals surface area (Å²) in [6, 6.07) is 29.3. The van der Waals surface area contributed by atoms with Gasteiger partial charge in [-0.05, 0) is 109 Å². The number of carbonyl (C=O) groups is 2. The molecule has 4 aromatic carbocycles. The number of hydrogen-bond donors (Lipinski definition) is 0. The van der Waals surface area contributed by atoms with E-state index >= 15 is 0 Å². The molecule has 232 valence electrons. The van der Waals surface area contributed by atoms with Crippen molar-refractivity contribution in [1.82, 2.24) is 0 Å². The highest BCUT2D eigenvalue weighted by atomic mass is 32.2. The van der Waals surface area contributed by atoms with Gasteiger partial charge < -0.3 is 14.2 Å². The van der Waals surface area contributed by atoms with Gasteiger partial charge >= 0.3 is 11.9 Å². The van der Waals surface area contributed by atoms with Crippen molar-refractivity contribution in [2.24, 2.45) is 0 Å². The van der Waals surface area contributed by atoms with Crippen LogP contribution in [0.25, 0.3) is 0 Å². The molecule has 0 saturated heterocycles. The van der Waals surface area contributed by atoms with Gasteiger partial charge in [0.2, 0.25) is 0 Å². The van der Waals surface area contributed by atoms with E-state index < -0.39 is 5.97 Å². The van der Waals surface area contributed by atoms with Crippen LogP contribution in [0.3, 0.4) is 0 Å². The fraction of sp³-hybridized carbons (Fsp3) is 0.179. The van der Waals surface area contributed by atoms with Gasteiger partial charge in [-0.2, -0.15) is 0 Å². The number of carbonyl (C=O) groups excluding carboxylic acids is 2. The molecule has 7 heteroatoms. The molecule has 0 aliphatic heterocycles. The minimum atomic E-state index is -0.482. The number of rotatable bonds is 12. The Morgan fingerprint density at radius 3 is 1.91 bits per heavy atom. The van der Waals surface area contributed by atoms with Gasteiger partial charge in [0, 0.05) is 38.1 Å². The summed E-state index contributed by atoms with van der Waals surface area (Å²) in [5.74, 6) is 13.2. The lowest BCUT2D eigenvalue weighted by Gasteiger charge is -2.11. The van der Waals surface area contributed by atoms with E-state index in [1.165, 1.54) is 23.0 Å². The van der Waals surface area contributed by atoms with E-state index in [2.05, 4.69) is 42.4 Å². The van der Waals surface area contributed by atoms with Crippen molar-refractivity contribution in [1.29, 1.82) is 0 Å². The zero-order valence-electron chi connectivity index (χ0n) is 25.8. The Bertz CT molecular complexity index is 1750.